The highest BCUT2D eigenvalue weighted by molar-refractivity contribution is 4.85. The summed E-state index contributed by atoms with van der Waals surface area (Å²) in [6, 6.07) is 1.50. The van der Waals surface area contributed by atoms with E-state index in [1.165, 1.54) is 45.4 Å². The van der Waals surface area contributed by atoms with E-state index in [-0.39, 0.29) is 0 Å². The molecule has 0 aliphatic carbocycles. The average molecular weight is 225 g/mol. The molecule has 2 aliphatic heterocycles. The van der Waals surface area contributed by atoms with E-state index in [0.717, 1.165) is 12.0 Å². The molecule has 1 N–H and O–H groups in total. The molecule has 2 fully saturated rings. The molecule has 16 heavy (non-hydrogen) atoms. The van der Waals surface area contributed by atoms with Crippen LogP contribution in [0.4, 0.5) is 0 Å². The Hall–Kier alpha value is -0.120. The number of hydrogen-bond acceptors (Lipinski definition) is 3. The summed E-state index contributed by atoms with van der Waals surface area (Å²) in [6.07, 6.45) is 4.10. The minimum Gasteiger partial charge on any atom is -0.314 e. The molecule has 0 aromatic heterocycles. The van der Waals surface area contributed by atoms with Crippen molar-refractivity contribution in [3.8, 4) is 0 Å². The summed E-state index contributed by atoms with van der Waals surface area (Å²) in [7, 11) is 4.56. The Morgan fingerprint density at radius 1 is 1.38 bits per heavy atom. The first-order chi connectivity index (χ1) is 7.66. The van der Waals surface area contributed by atoms with Crippen LogP contribution in [0.15, 0.2) is 0 Å². The van der Waals surface area contributed by atoms with Crippen molar-refractivity contribution in [2.45, 2.75) is 38.3 Å². The van der Waals surface area contributed by atoms with Crippen LogP contribution in [0.1, 0.15) is 26.2 Å². The van der Waals surface area contributed by atoms with Gasteiger partial charge < -0.3 is 15.1 Å². The molecular weight excluding hydrogens is 198 g/mol. The summed E-state index contributed by atoms with van der Waals surface area (Å²) in [5, 5.41) is 3.55. The quantitative estimate of drug-likeness (QED) is 0.773. The molecule has 3 nitrogen and oxygen atoms in total. The zero-order chi connectivity index (χ0) is 11.5. The maximum Gasteiger partial charge on any atom is 0.0220 e. The maximum absolute atomic E-state index is 3.55. The zero-order valence-electron chi connectivity index (χ0n) is 11.1. The second-order valence-corrected chi connectivity index (χ2v) is 5.79. The first-order valence-corrected chi connectivity index (χ1v) is 6.79. The molecule has 0 saturated carbocycles. The number of nitrogens with one attached hydrogen (secondary N) is 1. The van der Waals surface area contributed by atoms with Crippen LogP contribution in [0.3, 0.4) is 0 Å². The monoisotopic (exact) mass is 225 g/mol. The Morgan fingerprint density at radius 2 is 2.19 bits per heavy atom. The average Bonchev–Trinajstić information content (AvgIpc) is 2.64. The first-order valence-electron chi connectivity index (χ1n) is 6.79. The lowest BCUT2D eigenvalue weighted by molar-refractivity contribution is 0.118. The van der Waals surface area contributed by atoms with Gasteiger partial charge in [0.05, 0.1) is 0 Å². The highest BCUT2D eigenvalue weighted by atomic mass is 15.2. The summed E-state index contributed by atoms with van der Waals surface area (Å²) in [6.45, 7) is 7.35. The van der Waals surface area contributed by atoms with Gasteiger partial charge in [0.25, 0.3) is 0 Å². The molecular formula is C13H27N3. The van der Waals surface area contributed by atoms with Crippen LogP contribution in [0.5, 0.6) is 0 Å². The number of hydrogen-bond donors (Lipinski definition) is 1. The van der Waals surface area contributed by atoms with Gasteiger partial charge in [-0.15, -0.1) is 0 Å². The second-order valence-electron chi connectivity index (χ2n) is 5.79. The van der Waals surface area contributed by atoms with Crippen molar-refractivity contribution in [3.63, 3.8) is 0 Å². The van der Waals surface area contributed by atoms with E-state index in [2.05, 4.69) is 36.1 Å². The highest BCUT2D eigenvalue weighted by Gasteiger charge is 2.27. The van der Waals surface area contributed by atoms with Gasteiger partial charge in [0.2, 0.25) is 0 Å². The van der Waals surface area contributed by atoms with Gasteiger partial charge in [-0.25, -0.2) is 0 Å². The Bertz CT molecular complexity index is 219. The summed E-state index contributed by atoms with van der Waals surface area (Å²) in [5.41, 5.74) is 0. The van der Waals surface area contributed by atoms with E-state index in [9.17, 15) is 0 Å². The van der Waals surface area contributed by atoms with E-state index >= 15 is 0 Å². The molecule has 0 bridgehead atoms. The third-order valence-electron chi connectivity index (χ3n) is 4.43. The smallest absolute Gasteiger partial charge is 0.0220 e. The lowest BCUT2D eigenvalue weighted by atomic mass is 9.99. The van der Waals surface area contributed by atoms with Crippen LogP contribution in [0.25, 0.3) is 0 Å². The van der Waals surface area contributed by atoms with Crippen molar-refractivity contribution in [1.29, 1.82) is 0 Å². The predicted molar refractivity (Wildman–Crippen MR) is 68.7 cm³/mol. The third kappa shape index (κ3) is 2.96. The molecule has 3 heteroatoms. The lowest BCUT2D eigenvalue weighted by Crippen LogP contribution is -2.47. The molecule has 2 aliphatic rings. The van der Waals surface area contributed by atoms with Crippen LogP contribution in [-0.4, -0.2) is 62.2 Å². The zero-order valence-corrected chi connectivity index (χ0v) is 11.1. The van der Waals surface area contributed by atoms with Crippen LogP contribution >= 0.6 is 0 Å². The number of nitrogens with zero attached hydrogens (tertiary/aromatic N) is 2. The molecule has 0 radical (unpaired) electrons. The van der Waals surface area contributed by atoms with Gasteiger partial charge in [0.15, 0.2) is 0 Å². The SMILES string of the molecule is CC1NCCC1CN(C)C1CCCN(C)C1. The summed E-state index contributed by atoms with van der Waals surface area (Å²) >= 11 is 0. The number of piperidine rings is 1. The summed E-state index contributed by atoms with van der Waals surface area (Å²) in [5.74, 6) is 0.859. The van der Waals surface area contributed by atoms with E-state index in [1.54, 1.807) is 0 Å². The van der Waals surface area contributed by atoms with Crippen molar-refractivity contribution >= 4 is 0 Å². The topological polar surface area (TPSA) is 18.5 Å². The number of rotatable bonds is 3. The molecule has 2 saturated heterocycles. The first kappa shape index (κ1) is 12.3. The van der Waals surface area contributed by atoms with Gasteiger partial charge in [0.1, 0.15) is 0 Å². The van der Waals surface area contributed by atoms with E-state index in [1.807, 2.05) is 0 Å². The Kier molecular flexibility index (Phi) is 4.22. The Morgan fingerprint density at radius 3 is 2.81 bits per heavy atom. The van der Waals surface area contributed by atoms with E-state index in [4.69, 9.17) is 0 Å². The summed E-state index contributed by atoms with van der Waals surface area (Å²) in [4.78, 5) is 5.07. The van der Waals surface area contributed by atoms with E-state index in [0.29, 0.717) is 6.04 Å². The molecule has 3 atom stereocenters. The van der Waals surface area contributed by atoms with Crippen molar-refractivity contribution in [3.05, 3.63) is 0 Å². The van der Waals surface area contributed by atoms with Gasteiger partial charge in [-0.1, -0.05) is 0 Å². The van der Waals surface area contributed by atoms with Gasteiger partial charge in [-0.3, -0.25) is 0 Å². The van der Waals surface area contributed by atoms with Crippen LogP contribution < -0.4 is 5.32 Å². The molecule has 0 aromatic rings. The van der Waals surface area contributed by atoms with Gasteiger partial charge in [-0.2, -0.15) is 0 Å². The fourth-order valence-electron chi connectivity index (χ4n) is 3.18. The predicted octanol–water partition coefficient (Wildman–Crippen LogP) is 1.01. The standard InChI is InChI=1S/C13H27N3/c1-11-12(6-7-14-11)9-16(3)13-5-4-8-15(2)10-13/h11-14H,4-10H2,1-3H3. The van der Waals surface area contributed by atoms with E-state index < -0.39 is 0 Å². The van der Waals surface area contributed by atoms with Crippen molar-refractivity contribution in [2.24, 2.45) is 5.92 Å². The van der Waals surface area contributed by atoms with Gasteiger partial charge >= 0.3 is 0 Å². The molecule has 2 heterocycles. The molecule has 2 rings (SSSR count). The molecule has 94 valence electrons. The molecule has 0 amide bonds. The number of likely N-dealkylation sites (tertiary alicyclic amines) is 1. The maximum atomic E-state index is 3.55. The minimum atomic E-state index is 0.712. The van der Waals surface area contributed by atoms with Gasteiger partial charge in [-0.05, 0) is 59.3 Å². The van der Waals surface area contributed by atoms with Crippen LogP contribution in [-0.2, 0) is 0 Å². The van der Waals surface area contributed by atoms with Crippen LogP contribution in [0, 0.1) is 5.92 Å². The fourth-order valence-corrected chi connectivity index (χ4v) is 3.18. The molecule has 0 aromatic carbocycles. The molecule has 3 unspecified atom stereocenters. The fraction of sp³-hybridized carbons (Fsp3) is 1.00. The van der Waals surface area contributed by atoms with Crippen molar-refractivity contribution in [1.82, 2.24) is 15.1 Å². The second kappa shape index (κ2) is 5.48. The summed E-state index contributed by atoms with van der Waals surface area (Å²) < 4.78 is 0. The van der Waals surface area contributed by atoms with Gasteiger partial charge in [0, 0.05) is 25.2 Å². The largest absolute Gasteiger partial charge is 0.314 e. The van der Waals surface area contributed by atoms with Crippen molar-refractivity contribution in [2.75, 3.05) is 40.3 Å². The lowest BCUT2D eigenvalue weighted by Gasteiger charge is -2.37. The van der Waals surface area contributed by atoms with Crippen molar-refractivity contribution < 1.29 is 0 Å². The van der Waals surface area contributed by atoms with Crippen LogP contribution in [0.2, 0.25) is 0 Å². The number of likely N-dealkylation sites (N-methyl/N-ethyl adjacent to an activating group) is 2. The minimum absolute atomic E-state index is 0.712. The third-order valence-corrected chi connectivity index (χ3v) is 4.43. The Labute approximate surface area is 100 Å². The highest BCUT2D eigenvalue weighted by Crippen LogP contribution is 2.20. The Balaban J connectivity index is 1.80. The normalized spacial score (nSPS) is 37.1. The molecule has 0 spiro atoms.